The van der Waals surface area contributed by atoms with E-state index in [0.29, 0.717) is 48.3 Å². The van der Waals surface area contributed by atoms with Crippen LogP contribution < -0.4 is 0 Å². The molecule has 0 aromatic carbocycles. The van der Waals surface area contributed by atoms with Gasteiger partial charge in [0.15, 0.2) is 0 Å². The summed E-state index contributed by atoms with van der Waals surface area (Å²) in [7, 11) is 0. The van der Waals surface area contributed by atoms with Crippen molar-refractivity contribution in [1.82, 2.24) is 4.90 Å². The van der Waals surface area contributed by atoms with E-state index in [1.54, 1.807) is 0 Å². The third kappa shape index (κ3) is 3.77. The van der Waals surface area contributed by atoms with Crippen molar-refractivity contribution < 1.29 is 14.7 Å². The Labute approximate surface area is 231 Å². The third-order valence-electron chi connectivity index (χ3n) is 14.3. The summed E-state index contributed by atoms with van der Waals surface area (Å²) in [4.78, 5) is 28.9. The van der Waals surface area contributed by atoms with Gasteiger partial charge in [-0.1, -0.05) is 20.8 Å². The maximum Gasteiger partial charge on any atom is 0.223 e. The smallest absolute Gasteiger partial charge is 0.223 e. The number of ketones is 1. The molecule has 1 N–H and O–H groups in total. The zero-order chi connectivity index (χ0) is 26.5. The van der Waals surface area contributed by atoms with Crippen LogP contribution in [0.5, 0.6) is 0 Å². The molecule has 0 aromatic rings. The van der Waals surface area contributed by atoms with E-state index in [2.05, 4.69) is 25.7 Å². The Morgan fingerprint density at radius 1 is 0.895 bits per heavy atom. The predicted octanol–water partition coefficient (Wildman–Crippen LogP) is 6.93. The predicted molar refractivity (Wildman–Crippen MR) is 149 cm³/mol. The third-order valence-corrected chi connectivity index (χ3v) is 14.3. The molecule has 0 unspecified atom stereocenters. The van der Waals surface area contributed by atoms with Gasteiger partial charge in [-0.2, -0.15) is 0 Å². The number of fused-ring (bicyclic) bond motifs is 5. The Hall–Kier alpha value is -0.900. The van der Waals surface area contributed by atoms with Gasteiger partial charge in [-0.3, -0.25) is 9.59 Å². The molecule has 0 aromatic heterocycles. The van der Waals surface area contributed by atoms with Crippen LogP contribution in [0.1, 0.15) is 130 Å². The largest absolute Gasteiger partial charge is 0.388 e. The molecule has 0 heterocycles. The van der Waals surface area contributed by atoms with E-state index in [1.807, 2.05) is 0 Å². The summed E-state index contributed by atoms with van der Waals surface area (Å²) >= 11 is 0. The number of aliphatic hydroxyl groups is 1. The first-order valence-corrected chi connectivity index (χ1v) is 16.6. The number of hydrogen-bond donors (Lipinski definition) is 1. The van der Waals surface area contributed by atoms with E-state index < -0.39 is 5.60 Å². The topological polar surface area (TPSA) is 57.6 Å². The van der Waals surface area contributed by atoms with Crippen LogP contribution in [0.25, 0.3) is 0 Å². The van der Waals surface area contributed by atoms with Crippen LogP contribution >= 0.6 is 0 Å². The Morgan fingerprint density at radius 2 is 1.58 bits per heavy atom. The van der Waals surface area contributed by atoms with Crippen LogP contribution in [0.2, 0.25) is 0 Å². The van der Waals surface area contributed by atoms with Crippen molar-refractivity contribution in [3.05, 3.63) is 0 Å². The number of hydrogen-bond acceptors (Lipinski definition) is 3. The van der Waals surface area contributed by atoms with Crippen LogP contribution in [0, 0.1) is 52.3 Å². The molecule has 4 bridgehead atoms. The molecule has 0 saturated heterocycles. The van der Waals surface area contributed by atoms with Gasteiger partial charge in [0.2, 0.25) is 5.91 Å². The molecular weight excluding hydrogens is 470 g/mol. The first-order chi connectivity index (χ1) is 18.1. The minimum absolute atomic E-state index is 0.0258. The van der Waals surface area contributed by atoms with Gasteiger partial charge in [0.25, 0.3) is 0 Å². The monoisotopic (exact) mass is 523 g/mol. The number of nitrogens with zero attached hydrogens (tertiary/aromatic N) is 1. The fraction of sp³-hybridized carbons (Fsp3) is 0.941. The standard InChI is InChI=1S/C34H53NO3/c1-4-5-30(37)35(33-17-22-14-23(18-33)16-24(15-22)19-33)21-34(38)13-12-31(2)25(20-34)6-7-26-27-8-9-29(36)32(27,3)11-10-28(26)31/h22-28,38H,4-21H2,1-3H3/t22?,23?,24?,25-,26-,27-,28-,31-,32-,33?,34+/m0/s1. The average Bonchev–Trinajstić information content (AvgIpc) is 3.17. The molecule has 38 heavy (non-hydrogen) atoms. The van der Waals surface area contributed by atoms with Crippen LogP contribution in [0.3, 0.4) is 0 Å². The lowest BCUT2D eigenvalue weighted by Gasteiger charge is -2.63. The van der Waals surface area contributed by atoms with E-state index in [1.165, 1.54) is 57.8 Å². The molecule has 0 spiro atoms. The lowest BCUT2D eigenvalue weighted by Crippen LogP contribution is -2.65. The summed E-state index contributed by atoms with van der Waals surface area (Å²) in [5.74, 6) is 5.80. The Morgan fingerprint density at radius 3 is 2.24 bits per heavy atom. The van der Waals surface area contributed by atoms with Crippen molar-refractivity contribution in [3.8, 4) is 0 Å². The first kappa shape index (κ1) is 26.0. The van der Waals surface area contributed by atoms with Crippen molar-refractivity contribution in [2.24, 2.45) is 52.3 Å². The lowest BCUT2D eigenvalue weighted by molar-refractivity contribution is -0.178. The molecule has 4 nitrogen and oxygen atoms in total. The average molecular weight is 524 g/mol. The van der Waals surface area contributed by atoms with Gasteiger partial charge in [0.1, 0.15) is 5.78 Å². The summed E-state index contributed by atoms with van der Waals surface area (Å²) in [6, 6.07) is 0. The van der Waals surface area contributed by atoms with Gasteiger partial charge in [-0.15, -0.1) is 0 Å². The number of β-amino-alcohol motifs (C(OH)–C–C–N with tert-alkyl or cyclic N) is 1. The molecule has 8 aliphatic carbocycles. The molecule has 8 fully saturated rings. The highest BCUT2D eigenvalue weighted by atomic mass is 16.3. The molecule has 0 radical (unpaired) electrons. The second-order valence-corrected chi connectivity index (χ2v) is 16.4. The van der Waals surface area contributed by atoms with Crippen LogP contribution in [0.15, 0.2) is 0 Å². The fourth-order valence-electron chi connectivity index (χ4n) is 12.8. The molecule has 212 valence electrons. The van der Waals surface area contributed by atoms with E-state index >= 15 is 0 Å². The summed E-state index contributed by atoms with van der Waals surface area (Å²) in [5, 5.41) is 12.3. The molecular formula is C34H53NO3. The number of amides is 1. The molecule has 4 heteroatoms. The van der Waals surface area contributed by atoms with E-state index in [9.17, 15) is 14.7 Å². The molecule has 1 amide bonds. The van der Waals surface area contributed by atoms with Crippen molar-refractivity contribution in [2.45, 2.75) is 141 Å². The quantitative estimate of drug-likeness (QED) is 0.425. The highest BCUT2D eigenvalue weighted by molar-refractivity contribution is 5.87. The summed E-state index contributed by atoms with van der Waals surface area (Å²) in [5.41, 5.74) is -0.493. The van der Waals surface area contributed by atoms with E-state index in [4.69, 9.17) is 0 Å². The minimum Gasteiger partial charge on any atom is -0.388 e. The zero-order valence-electron chi connectivity index (χ0n) is 24.5. The minimum atomic E-state index is -0.740. The van der Waals surface area contributed by atoms with Crippen LogP contribution in [0.4, 0.5) is 0 Å². The van der Waals surface area contributed by atoms with Gasteiger partial charge < -0.3 is 10.0 Å². The van der Waals surface area contributed by atoms with Gasteiger partial charge >= 0.3 is 0 Å². The summed E-state index contributed by atoms with van der Waals surface area (Å²) < 4.78 is 0. The number of carbonyl (C=O) groups excluding carboxylic acids is 2. The highest BCUT2D eigenvalue weighted by Gasteiger charge is 2.62. The number of rotatable bonds is 5. The van der Waals surface area contributed by atoms with E-state index in [0.717, 1.165) is 62.7 Å². The number of carbonyl (C=O) groups is 2. The maximum atomic E-state index is 13.8. The van der Waals surface area contributed by atoms with Crippen molar-refractivity contribution in [1.29, 1.82) is 0 Å². The van der Waals surface area contributed by atoms with Gasteiger partial charge in [0.05, 0.1) is 5.60 Å². The second-order valence-electron chi connectivity index (χ2n) is 16.4. The van der Waals surface area contributed by atoms with Gasteiger partial charge in [0, 0.05) is 30.3 Å². The van der Waals surface area contributed by atoms with E-state index in [-0.39, 0.29) is 16.4 Å². The zero-order valence-corrected chi connectivity index (χ0v) is 24.5. The van der Waals surface area contributed by atoms with Crippen LogP contribution in [-0.2, 0) is 9.59 Å². The van der Waals surface area contributed by atoms with Crippen molar-refractivity contribution in [2.75, 3.05) is 6.54 Å². The lowest BCUT2D eigenvalue weighted by atomic mass is 9.44. The Balaban J connectivity index is 1.11. The fourth-order valence-corrected chi connectivity index (χ4v) is 12.8. The van der Waals surface area contributed by atoms with Crippen LogP contribution in [-0.4, -0.2) is 39.4 Å². The molecule has 7 atom stereocenters. The molecule has 8 rings (SSSR count). The Bertz CT molecular complexity index is 955. The SMILES string of the molecule is CCCC(=O)N(C[C@@]1(O)CC[C@@]2(C)[C@@H](CC[C@@H]3[C@@H]2CC[C@]2(C)C(=O)CC[C@@H]32)C1)C12CC3CC(CC(C3)C1)C2. The summed E-state index contributed by atoms with van der Waals surface area (Å²) in [6.07, 6.45) is 18.7. The normalized spacial score (nSPS) is 52.8. The van der Waals surface area contributed by atoms with Gasteiger partial charge in [-0.05, 0) is 143 Å². The second kappa shape index (κ2) is 8.80. The number of Topliss-reactive ketones (excluding diaryl/α,β-unsaturated/α-hetero) is 1. The molecule has 8 saturated carbocycles. The first-order valence-electron chi connectivity index (χ1n) is 16.6. The summed E-state index contributed by atoms with van der Waals surface area (Å²) in [6.45, 7) is 7.53. The molecule has 0 aliphatic heterocycles. The van der Waals surface area contributed by atoms with Gasteiger partial charge in [-0.25, -0.2) is 0 Å². The highest BCUT2D eigenvalue weighted by Crippen LogP contribution is 2.66. The van der Waals surface area contributed by atoms with Crippen molar-refractivity contribution in [3.63, 3.8) is 0 Å². The Kier molecular flexibility index (Phi) is 6.03. The molecule has 8 aliphatic rings. The maximum absolute atomic E-state index is 13.8. The van der Waals surface area contributed by atoms with Crippen molar-refractivity contribution >= 4 is 11.7 Å².